The van der Waals surface area contributed by atoms with Crippen LogP contribution >= 0.6 is 27.7 Å². The Morgan fingerprint density at radius 3 is 2.52 bits per heavy atom. The molecule has 0 N–H and O–H groups in total. The summed E-state index contributed by atoms with van der Waals surface area (Å²) in [6.45, 7) is 3.10. The summed E-state index contributed by atoms with van der Waals surface area (Å²) in [5.74, 6) is 3.17. The Morgan fingerprint density at radius 2 is 1.80 bits per heavy atom. The van der Waals surface area contributed by atoms with Crippen LogP contribution in [-0.2, 0) is 12.3 Å². The van der Waals surface area contributed by atoms with Gasteiger partial charge in [0.1, 0.15) is 5.82 Å². The van der Waals surface area contributed by atoms with Crippen molar-refractivity contribution in [1.82, 2.24) is 14.8 Å². The van der Waals surface area contributed by atoms with Gasteiger partial charge in [-0.2, -0.15) is 0 Å². The van der Waals surface area contributed by atoms with Crippen LogP contribution in [0, 0.1) is 0 Å². The van der Waals surface area contributed by atoms with E-state index in [1.165, 1.54) is 17.5 Å². The third-order valence-corrected chi connectivity index (χ3v) is 6.26. The van der Waals surface area contributed by atoms with Gasteiger partial charge >= 0.3 is 0 Å². The molecule has 0 spiro atoms. The highest BCUT2D eigenvalue weighted by molar-refractivity contribution is 9.10. The molecule has 1 heterocycles. The topological polar surface area (TPSA) is 30.7 Å². The van der Waals surface area contributed by atoms with Crippen molar-refractivity contribution in [3.8, 4) is 0 Å². The molecule has 1 aromatic heterocycles. The summed E-state index contributed by atoms with van der Waals surface area (Å²) in [5, 5.41) is 10.0. The number of nitrogens with zero attached hydrogens (tertiary/aromatic N) is 3. The first-order valence-electron chi connectivity index (χ1n) is 8.61. The lowest BCUT2D eigenvalue weighted by Gasteiger charge is -2.07. The number of halogens is 1. The van der Waals surface area contributed by atoms with E-state index in [4.69, 9.17) is 0 Å². The van der Waals surface area contributed by atoms with Crippen molar-refractivity contribution in [1.29, 1.82) is 0 Å². The lowest BCUT2D eigenvalue weighted by Crippen LogP contribution is -2.03. The molecule has 1 aliphatic rings. The van der Waals surface area contributed by atoms with Crippen molar-refractivity contribution in [2.45, 2.75) is 42.6 Å². The van der Waals surface area contributed by atoms with Crippen molar-refractivity contribution in [2.75, 3.05) is 0 Å². The van der Waals surface area contributed by atoms with Crippen LogP contribution in [0.25, 0.3) is 0 Å². The number of hydrogen-bond acceptors (Lipinski definition) is 3. The fourth-order valence-electron chi connectivity index (χ4n) is 3.26. The average molecular weight is 414 g/mol. The van der Waals surface area contributed by atoms with Gasteiger partial charge in [-0.05, 0) is 42.5 Å². The predicted molar refractivity (Wildman–Crippen MR) is 106 cm³/mol. The molecule has 3 aromatic rings. The van der Waals surface area contributed by atoms with E-state index in [1.54, 1.807) is 11.8 Å². The quantitative estimate of drug-likeness (QED) is 0.490. The van der Waals surface area contributed by atoms with E-state index in [2.05, 4.69) is 92.2 Å². The molecule has 2 aromatic carbocycles. The van der Waals surface area contributed by atoms with Crippen molar-refractivity contribution < 1.29 is 0 Å². The number of thioether (sulfide) groups is 1. The zero-order valence-corrected chi connectivity index (χ0v) is 16.5. The minimum Gasteiger partial charge on any atom is -0.306 e. The van der Waals surface area contributed by atoms with Crippen molar-refractivity contribution >= 4 is 27.7 Å². The maximum atomic E-state index is 4.54. The second-order valence-corrected chi connectivity index (χ2v) is 8.22. The minimum atomic E-state index is 0.511. The molecule has 2 atom stereocenters. The Labute approximate surface area is 161 Å². The highest BCUT2D eigenvalue weighted by Gasteiger charge is 2.43. The molecule has 1 saturated carbocycles. The van der Waals surface area contributed by atoms with Crippen LogP contribution in [0.4, 0.5) is 0 Å². The Hall–Kier alpha value is -1.59. The summed E-state index contributed by atoms with van der Waals surface area (Å²) in [6, 6.07) is 19.2. The molecule has 5 heteroatoms. The van der Waals surface area contributed by atoms with Crippen molar-refractivity contribution in [2.24, 2.45) is 0 Å². The summed E-state index contributed by atoms with van der Waals surface area (Å²) in [4.78, 5) is 0. The number of rotatable bonds is 6. The van der Waals surface area contributed by atoms with Crippen LogP contribution in [0.1, 0.15) is 42.1 Å². The lowest BCUT2D eigenvalue weighted by atomic mass is 10.1. The number of aromatic nitrogens is 3. The Balaban J connectivity index is 1.47. The average Bonchev–Trinajstić information content (AvgIpc) is 3.34. The second kappa shape index (κ2) is 7.34. The number of hydrogen-bond donors (Lipinski definition) is 0. The molecule has 0 bridgehead atoms. The van der Waals surface area contributed by atoms with Gasteiger partial charge in [0, 0.05) is 22.7 Å². The van der Waals surface area contributed by atoms with Crippen LogP contribution in [0.2, 0.25) is 0 Å². The Kier molecular flexibility index (Phi) is 4.95. The molecule has 1 fully saturated rings. The largest absolute Gasteiger partial charge is 0.306 e. The fourth-order valence-corrected chi connectivity index (χ4v) is 4.49. The van der Waals surface area contributed by atoms with Gasteiger partial charge in [0.25, 0.3) is 0 Å². The van der Waals surface area contributed by atoms with Crippen molar-refractivity contribution in [3.63, 3.8) is 0 Å². The van der Waals surface area contributed by atoms with Gasteiger partial charge < -0.3 is 4.57 Å². The summed E-state index contributed by atoms with van der Waals surface area (Å²) in [5.41, 5.74) is 2.72. The minimum absolute atomic E-state index is 0.511. The zero-order chi connectivity index (χ0) is 17.2. The summed E-state index contributed by atoms with van der Waals surface area (Å²) in [7, 11) is 0. The van der Waals surface area contributed by atoms with Gasteiger partial charge in [-0.25, -0.2) is 0 Å². The molecular weight excluding hydrogens is 394 g/mol. The smallest absolute Gasteiger partial charge is 0.191 e. The first-order valence-corrected chi connectivity index (χ1v) is 10.4. The van der Waals surface area contributed by atoms with Gasteiger partial charge in [0.05, 0.1) is 0 Å². The van der Waals surface area contributed by atoms with Crippen LogP contribution in [0.5, 0.6) is 0 Å². The molecule has 2 unspecified atom stereocenters. The maximum absolute atomic E-state index is 4.54. The van der Waals surface area contributed by atoms with E-state index in [-0.39, 0.29) is 0 Å². The van der Waals surface area contributed by atoms with Gasteiger partial charge in [0.2, 0.25) is 0 Å². The highest BCUT2D eigenvalue weighted by Crippen LogP contribution is 2.54. The second-order valence-electron chi connectivity index (χ2n) is 6.36. The standard InChI is InChI=1S/C20H20BrN3S/c1-2-24-19(18-12-17(18)15-6-4-3-5-7-15)22-23-20(24)25-13-14-8-10-16(21)11-9-14/h3-11,17-18H,2,12-13H2,1H3. The van der Waals surface area contributed by atoms with Gasteiger partial charge in [-0.15, -0.1) is 10.2 Å². The lowest BCUT2D eigenvalue weighted by molar-refractivity contribution is 0.640. The molecule has 0 amide bonds. The molecule has 128 valence electrons. The van der Waals surface area contributed by atoms with Crippen molar-refractivity contribution in [3.05, 3.63) is 76.0 Å². The maximum Gasteiger partial charge on any atom is 0.191 e. The van der Waals surface area contributed by atoms with Gasteiger partial charge in [-0.3, -0.25) is 0 Å². The predicted octanol–water partition coefficient (Wildman–Crippen LogP) is 5.62. The molecule has 0 saturated heterocycles. The van der Waals surface area contributed by atoms with E-state index in [1.807, 2.05) is 0 Å². The van der Waals surface area contributed by atoms with Gasteiger partial charge in [-0.1, -0.05) is 70.2 Å². The van der Waals surface area contributed by atoms with Crippen LogP contribution in [0.3, 0.4) is 0 Å². The van der Waals surface area contributed by atoms with Crippen LogP contribution in [-0.4, -0.2) is 14.8 Å². The van der Waals surface area contributed by atoms with Crippen LogP contribution in [0.15, 0.2) is 64.2 Å². The zero-order valence-electron chi connectivity index (χ0n) is 14.1. The van der Waals surface area contributed by atoms with Crippen LogP contribution < -0.4 is 0 Å². The van der Waals surface area contributed by atoms with E-state index < -0.39 is 0 Å². The first kappa shape index (κ1) is 16.9. The summed E-state index contributed by atoms with van der Waals surface area (Å²) >= 11 is 5.25. The molecule has 0 aliphatic heterocycles. The molecule has 1 aliphatic carbocycles. The third kappa shape index (κ3) is 3.67. The first-order chi connectivity index (χ1) is 12.3. The molecule has 3 nitrogen and oxygen atoms in total. The number of benzene rings is 2. The SMILES string of the molecule is CCn1c(SCc2ccc(Br)cc2)nnc1C1CC1c1ccccc1. The van der Waals surface area contributed by atoms with Gasteiger partial charge in [0.15, 0.2) is 5.16 Å². The summed E-state index contributed by atoms with van der Waals surface area (Å²) < 4.78 is 3.40. The monoisotopic (exact) mass is 413 g/mol. The molecular formula is C20H20BrN3S. The molecule has 0 radical (unpaired) electrons. The normalized spacial score (nSPS) is 19.1. The van der Waals surface area contributed by atoms with E-state index in [0.29, 0.717) is 11.8 Å². The van der Waals surface area contributed by atoms with E-state index in [0.717, 1.165) is 27.8 Å². The van der Waals surface area contributed by atoms with E-state index in [9.17, 15) is 0 Å². The molecule has 25 heavy (non-hydrogen) atoms. The highest BCUT2D eigenvalue weighted by atomic mass is 79.9. The van der Waals surface area contributed by atoms with E-state index >= 15 is 0 Å². The third-order valence-electron chi connectivity index (χ3n) is 4.69. The summed E-state index contributed by atoms with van der Waals surface area (Å²) in [6.07, 6.45) is 1.18. The fraction of sp³-hybridized carbons (Fsp3) is 0.300. The Morgan fingerprint density at radius 1 is 1.04 bits per heavy atom. The molecule has 4 rings (SSSR count). The Bertz CT molecular complexity index is 845.